The summed E-state index contributed by atoms with van der Waals surface area (Å²) in [6, 6.07) is 14.0. The minimum Gasteiger partial charge on any atom is -0.493 e. The Bertz CT molecular complexity index is 746. The summed E-state index contributed by atoms with van der Waals surface area (Å²) >= 11 is 0. The van der Waals surface area contributed by atoms with Crippen molar-refractivity contribution in [3.63, 3.8) is 0 Å². The lowest BCUT2D eigenvalue weighted by molar-refractivity contribution is -0.118. The van der Waals surface area contributed by atoms with E-state index in [1.165, 1.54) is 5.56 Å². The molecule has 0 aromatic heterocycles. The number of hydrogen-bond donors (Lipinski definition) is 1. The summed E-state index contributed by atoms with van der Waals surface area (Å²) in [4.78, 5) is 14.4. The van der Waals surface area contributed by atoms with E-state index in [0.29, 0.717) is 19.5 Å². The van der Waals surface area contributed by atoms with Crippen LogP contribution in [-0.2, 0) is 11.2 Å². The van der Waals surface area contributed by atoms with E-state index in [2.05, 4.69) is 5.32 Å². The molecule has 0 aliphatic rings. The van der Waals surface area contributed by atoms with Gasteiger partial charge in [-0.15, -0.1) is 0 Å². The second-order valence-corrected chi connectivity index (χ2v) is 6.42. The average Bonchev–Trinajstić information content (AvgIpc) is 2.68. The summed E-state index contributed by atoms with van der Waals surface area (Å²) in [5.41, 5.74) is 3.29. The van der Waals surface area contributed by atoms with Crippen molar-refractivity contribution in [1.29, 1.82) is 0 Å². The maximum Gasteiger partial charge on any atom is 0.228 e. The van der Waals surface area contributed by atoms with E-state index in [1.807, 2.05) is 61.2 Å². The van der Waals surface area contributed by atoms with E-state index in [4.69, 9.17) is 9.47 Å². The first-order valence-electron chi connectivity index (χ1n) is 9.37. The molecule has 5 heteroatoms. The Balaban J connectivity index is 1.78. The smallest absolute Gasteiger partial charge is 0.228 e. The van der Waals surface area contributed by atoms with Crippen molar-refractivity contribution < 1.29 is 14.3 Å². The highest BCUT2D eigenvalue weighted by molar-refractivity contribution is 5.93. The molecule has 0 aliphatic carbocycles. The third-order valence-corrected chi connectivity index (χ3v) is 4.48. The lowest BCUT2D eigenvalue weighted by atomic mass is 10.1. The molecule has 146 valence electrons. The molecule has 2 rings (SSSR count). The predicted octanol–water partition coefficient (Wildman–Crippen LogP) is 3.59. The number of nitrogens with zero attached hydrogens (tertiary/aromatic N) is 1. The molecule has 0 spiro atoms. The second kappa shape index (κ2) is 10.6. The van der Waals surface area contributed by atoms with Crippen molar-refractivity contribution >= 4 is 11.6 Å². The maximum absolute atomic E-state index is 12.5. The van der Waals surface area contributed by atoms with Crippen molar-refractivity contribution in [2.45, 2.75) is 26.7 Å². The molecule has 1 amide bonds. The van der Waals surface area contributed by atoms with Crippen LogP contribution in [0, 0.1) is 6.92 Å². The van der Waals surface area contributed by atoms with Crippen LogP contribution in [0.5, 0.6) is 11.5 Å². The number of nitrogens with one attached hydrogen (secondary N) is 1. The minimum absolute atomic E-state index is 0.140. The third-order valence-electron chi connectivity index (χ3n) is 4.48. The highest BCUT2D eigenvalue weighted by Gasteiger charge is 2.13. The van der Waals surface area contributed by atoms with Gasteiger partial charge in [0, 0.05) is 25.2 Å². The minimum atomic E-state index is 0.140. The zero-order chi connectivity index (χ0) is 19.6. The molecule has 5 nitrogen and oxygen atoms in total. The fraction of sp³-hybridized carbons (Fsp3) is 0.409. The van der Waals surface area contributed by atoms with Gasteiger partial charge in [0.15, 0.2) is 11.5 Å². The van der Waals surface area contributed by atoms with Crippen LogP contribution in [-0.4, -0.2) is 39.8 Å². The Morgan fingerprint density at radius 3 is 2.48 bits per heavy atom. The van der Waals surface area contributed by atoms with Crippen LogP contribution in [0.15, 0.2) is 42.5 Å². The van der Waals surface area contributed by atoms with Gasteiger partial charge in [-0.1, -0.05) is 18.2 Å². The van der Waals surface area contributed by atoms with E-state index < -0.39 is 0 Å². The molecule has 0 unspecified atom stereocenters. The van der Waals surface area contributed by atoms with Gasteiger partial charge >= 0.3 is 0 Å². The molecule has 0 bridgehead atoms. The number of methoxy groups -OCH3 is 2. The summed E-state index contributed by atoms with van der Waals surface area (Å²) in [5.74, 6) is 1.61. The van der Waals surface area contributed by atoms with Crippen LogP contribution in [0.3, 0.4) is 0 Å². The summed E-state index contributed by atoms with van der Waals surface area (Å²) in [6.45, 7) is 6.18. The van der Waals surface area contributed by atoms with E-state index in [0.717, 1.165) is 35.7 Å². The van der Waals surface area contributed by atoms with Gasteiger partial charge in [0.25, 0.3) is 0 Å². The molecule has 0 saturated heterocycles. The van der Waals surface area contributed by atoms with E-state index >= 15 is 0 Å². The van der Waals surface area contributed by atoms with Crippen molar-refractivity contribution in [1.82, 2.24) is 5.32 Å². The molecule has 0 saturated carbocycles. The molecule has 27 heavy (non-hydrogen) atoms. The lowest BCUT2D eigenvalue weighted by Crippen LogP contribution is -2.33. The van der Waals surface area contributed by atoms with Crippen LogP contribution in [0.25, 0.3) is 0 Å². The zero-order valence-corrected chi connectivity index (χ0v) is 16.7. The molecule has 2 aromatic carbocycles. The normalized spacial score (nSPS) is 10.5. The molecule has 1 N–H and O–H groups in total. The number of benzene rings is 2. The van der Waals surface area contributed by atoms with Crippen LogP contribution >= 0.6 is 0 Å². The Morgan fingerprint density at radius 1 is 1.04 bits per heavy atom. The fourth-order valence-electron chi connectivity index (χ4n) is 3.02. The van der Waals surface area contributed by atoms with Crippen molar-refractivity contribution in [2.75, 3.05) is 38.8 Å². The fourth-order valence-corrected chi connectivity index (χ4v) is 3.02. The number of carbonyl (C=O) groups is 1. The topological polar surface area (TPSA) is 50.8 Å². The number of carbonyl (C=O) groups excluding carboxylic acids is 1. The van der Waals surface area contributed by atoms with Crippen LogP contribution in [0.2, 0.25) is 0 Å². The van der Waals surface area contributed by atoms with Gasteiger partial charge in [-0.3, -0.25) is 4.79 Å². The SMILES string of the molecule is CCN(C(=O)CCNCCc1ccc(OC)c(OC)c1)c1cccc(C)c1. The quantitative estimate of drug-likeness (QED) is 0.650. The molecule has 0 fully saturated rings. The first-order valence-corrected chi connectivity index (χ1v) is 9.37. The molecule has 0 radical (unpaired) electrons. The largest absolute Gasteiger partial charge is 0.493 e. The summed E-state index contributed by atoms with van der Waals surface area (Å²) < 4.78 is 10.6. The Morgan fingerprint density at radius 2 is 1.81 bits per heavy atom. The second-order valence-electron chi connectivity index (χ2n) is 6.42. The summed E-state index contributed by atoms with van der Waals surface area (Å²) in [7, 11) is 3.27. The number of aryl methyl sites for hydroxylation is 1. The number of anilines is 1. The van der Waals surface area contributed by atoms with Gasteiger partial charge in [0.1, 0.15) is 0 Å². The van der Waals surface area contributed by atoms with E-state index in [9.17, 15) is 4.79 Å². The van der Waals surface area contributed by atoms with Gasteiger partial charge in [0.05, 0.1) is 14.2 Å². The van der Waals surface area contributed by atoms with Crippen LogP contribution < -0.4 is 19.7 Å². The molecule has 0 atom stereocenters. The van der Waals surface area contributed by atoms with Crippen molar-refractivity contribution in [3.05, 3.63) is 53.6 Å². The van der Waals surface area contributed by atoms with Gasteiger partial charge < -0.3 is 19.7 Å². The summed E-state index contributed by atoms with van der Waals surface area (Å²) in [5, 5.41) is 3.35. The summed E-state index contributed by atoms with van der Waals surface area (Å²) in [6.07, 6.45) is 1.34. The molecule has 2 aromatic rings. The first-order chi connectivity index (χ1) is 13.1. The third kappa shape index (κ3) is 6.00. The van der Waals surface area contributed by atoms with Crippen molar-refractivity contribution in [2.24, 2.45) is 0 Å². The number of ether oxygens (including phenoxy) is 2. The molecule has 0 heterocycles. The molecule has 0 aliphatic heterocycles. The molecular formula is C22H30N2O3. The highest BCUT2D eigenvalue weighted by atomic mass is 16.5. The van der Waals surface area contributed by atoms with Gasteiger partial charge in [0.2, 0.25) is 5.91 Å². The van der Waals surface area contributed by atoms with Crippen LogP contribution in [0.1, 0.15) is 24.5 Å². The number of amides is 1. The predicted molar refractivity (Wildman–Crippen MR) is 110 cm³/mol. The number of hydrogen-bond acceptors (Lipinski definition) is 4. The highest BCUT2D eigenvalue weighted by Crippen LogP contribution is 2.27. The lowest BCUT2D eigenvalue weighted by Gasteiger charge is -2.21. The van der Waals surface area contributed by atoms with Gasteiger partial charge in [-0.2, -0.15) is 0 Å². The van der Waals surface area contributed by atoms with Crippen molar-refractivity contribution in [3.8, 4) is 11.5 Å². The van der Waals surface area contributed by atoms with Crippen LogP contribution in [0.4, 0.5) is 5.69 Å². The Labute approximate surface area is 162 Å². The molecular weight excluding hydrogens is 340 g/mol. The van der Waals surface area contributed by atoms with Gasteiger partial charge in [-0.25, -0.2) is 0 Å². The van der Waals surface area contributed by atoms with E-state index in [-0.39, 0.29) is 5.91 Å². The number of rotatable bonds is 10. The maximum atomic E-state index is 12.5. The van der Waals surface area contributed by atoms with Gasteiger partial charge in [-0.05, 0) is 62.2 Å². The Hall–Kier alpha value is -2.53. The first kappa shape index (κ1) is 20.8. The Kier molecular flexibility index (Phi) is 8.14. The standard InChI is InChI=1S/C22H30N2O3/c1-5-24(19-8-6-7-17(2)15-19)22(25)12-14-23-13-11-18-9-10-20(26-3)21(16-18)27-4/h6-10,15-16,23H,5,11-14H2,1-4H3. The monoisotopic (exact) mass is 370 g/mol. The van der Waals surface area contributed by atoms with E-state index in [1.54, 1.807) is 14.2 Å². The average molecular weight is 370 g/mol. The zero-order valence-electron chi connectivity index (χ0n) is 16.7.